The molecule has 0 radical (unpaired) electrons. The van der Waals surface area contributed by atoms with Gasteiger partial charge in [-0.25, -0.2) is 13.1 Å². The van der Waals surface area contributed by atoms with Crippen molar-refractivity contribution in [3.8, 4) is 5.75 Å². The average molecular weight is 406 g/mol. The smallest absolute Gasteiger partial charge is 0.406 e. The summed E-state index contributed by atoms with van der Waals surface area (Å²) in [6.07, 6.45) is -4.31. The number of carbonyl (C=O) groups excluding carboxylic acids is 1. The van der Waals surface area contributed by atoms with Crippen molar-refractivity contribution in [2.45, 2.75) is 24.1 Å². The van der Waals surface area contributed by atoms with E-state index < -0.39 is 22.1 Å². The van der Waals surface area contributed by atoms with Crippen molar-refractivity contribution >= 4 is 28.3 Å². The summed E-state index contributed by atoms with van der Waals surface area (Å²) in [4.78, 5) is 11.2. The van der Waals surface area contributed by atoms with Crippen LogP contribution in [0.3, 0.4) is 0 Å². The molecule has 0 atom stereocenters. The molecule has 0 fully saturated rings. The van der Waals surface area contributed by atoms with E-state index in [4.69, 9.17) is 5.73 Å². The van der Waals surface area contributed by atoms with Crippen LogP contribution >= 0.6 is 12.4 Å². The molecule has 0 spiro atoms. The first-order valence-corrected chi connectivity index (χ1v) is 8.44. The highest BCUT2D eigenvalue weighted by Crippen LogP contribution is 2.23. The Labute approximate surface area is 149 Å². The fraction of sp³-hybridized carbons (Fsp3) is 0.462. The molecule has 0 unspecified atom stereocenters. The summed E-state index contributed by atoms with van der Waals surface area (Å²) in [6.45, 7) is 0.696. The van der Waals surface area contributed by atoms with Crippen molar-refractivity contribution < 1.29 is 31.1 Å². The monoisotopic (exact) mass is 405 g/mol. The third-order valence-corrected chi connectivity index (χ3v) is 4.19. The van der Waals surface area contributed by atoms with Gasteiger partial charge >= 0.3 is 6.36 Å². The number of hydrogen-bond donors (Lipinski definition) is 3. The number of nitrogens with one attached hydrogen (secondary N) is 2. The first kappa shape index (κ1) is 23.4. The molecule has 0 aliphatic rings. The number of halogens is 4. The number of ether oxygens (including phenoxy) is 1. The van der Waals surface area contributed by atoms with Gasteiger partial charge in [-0.1, -0.05) is 0 Å². The van der Waals surface area contributed by atoms with Crippen LogP contribution in [0.25, 0.3) is 0 Å². The van der Waals surface area contributed by atoms with Gasteiger partial charge in [-0.3, -0.25) is 4.79 Å². The summed E-state index contributed by atoms with van der Waals surface area (Å²) in [5.74, 6) is -0.860. The van der Waals surface area contributed by atoms with E-state index in [1.54, 1.807) is 0 Å². The number of carbonyl (C=O) groups is 1. The number of hydrogen-bond acceptors (Lipinski definition) is 5. The van der Waals surface area contributed by atoms with Crippen molar-refractivity contribution in [3.05, 3.63) is 24.3 Å². The normalized spacial score (nSPS) is 11.5. The van der Waals surface area contributed by atoms with Crippen LogP contribution in [0.2, 0.25) is 0 Å². The fourth-order valence-electron chi connectivity index (χ4n) is 1.62. The van der Waals surface area contributed by atoms with Gasteiger partial charge in [0.05, 0.1) is 4.90 Å². The Morgan fingerprint density at radius 1 is 1.16 bits per heavy atom. The first-order chi connectivity index (χ1) is 11.1. The van der Waals surface area contributed by atoms with Gasteiger partial charge < -0.3 is 15.8 Å². The number of amides is 1. The molecule has 25 heavy (non-hydrogen) atoms. The lowest BCUT2D eigenvalue weighted by molar-refractivity contribution is -0.274. The Bertz CT molecular complexity index is 639. The molecule has 0 saturated carbocycles. The second-order valence-corrected chi connectivity index (χ2v) is 6.43. The van der Waals surface area contributed by atoms with Crippen LogP contribution in [0.15, 0.2) is 29.2 Å². The molecule has 0 heterocycles. The van der Waals surface area contributed by atoms with E-state index in [9.17, 15) is 26.4 Å². The second kappa shape index (κ2) is 10.4. The average Bonchev–Trinajstić information content (AvgIpc) is 2.46. The molecule has 144 valence electrons. The summed E-state index contributed by atoms with van der Waals surface area (Å²) in [7, 11) is -3.93. The highest BCUT2D eigenvalue weighted by Gasteiger charge is 2.31. The van der Waals surface area contributed by atoms with Crippen LogP contribution in [0.1, 0.15) is 12.8 Å². The molecule has 1 aromatic rings. The molecule has 4 N–H and O–H groups in total. The number of rotatable bonds is 9. The molecule has 0 bridgehead atoms. The molecule has 1 amide bonds. The van der Waals surface area contributed by atoms with Crippen LogP contribution < -0.4 is 20.5 Å². The zero-order valence-corrected chi connectivity index (χ0v) is 14.6. The Hall–Kier alpha value is -1.56. The Morgan fingerprint density at radius 3 is 2.28 bits per heavy atom. The first-order valence-electron chi connectivity index (χ1n) is 6.96. The zero-order valence-electron chi connectivity index (χ0n) is 13.0. The van der Waals surface area contributed by atoms with Gasteiger partial charge in [-0.15, -0.1) is 25.6 Å². The lowest BCUT2D eigenvalue weighted by Crippen LogP contribution is -2.31. The van der Waals surface area contributed by atoms with E-state index in [-0.39, 0.29) is 36.2 Å². The minimum absolute atomic E-state index is 0. The molecule has 1 aromatic carbocycles. The van der Waals surface area contributed by atoms with E-state index >= 15 is 0 Å². The van der Waals surface area contributed by atoms with Gasteiger partial charge in [0, 0.05) is 19.5 Å². The molecule has 7 nitrogen and oxygen atoms in total. The molecule has 1 rings (SSSR count). The largest absolute Gasteiger partial charge is 0.573 e. The standard InChI is InChI=1S/C13H18F3N3O4S.ClH/c14-13(15,16)23-10-2-4-11(5-3-10)24(21,22)19-9-6-12(20)18-8-1-7-17;/h2-5,19H,1,6-9,17H2,(H,18,20);1H. The number of sulfonamides is 1. The lowest BCUT2D eigenvalue weighted by Gasteiger charge is -2.10. The summed E-state index contributed by atoms with van der Waals surface area (Å²) in [5.41, 5.74) is 5.27. The molecule has 0 aliphatic carbocycles. The van der Waals surface area contributed by atoms with Gasteiger partial charge in [-0.05, 0) is 37.2 Å². The Balaban J connectivity index is 0.00000576. The summed E-state index contributed by atoms with van der Waals surface area (Å²) in [5, 5.41) is 2.56. The molecule has 0 aromatic heterocycles. The van der Waals surface area contributed by atoms with Crippen LogP contribution in [0.5, 0.6) is 5.75 Å². The van der Waals surface area contributed by atoms with Crippen molar-refractivity contribution in [1.82, 2.24) is 10.0 Å². The molecule has 0 aliphatic heterocycles. The minimum Gasteiger partial charge on any atom is -0.406 e. The number of alkyl halides is 3. The van der Waals surface area contributed by atoms with Gasteiger partial charge in [0.2, 0.25) is 15.9 Å². The van der Waals surface area contributed by atoms with Gasteiger partial charge in [0.25, 0.3) is 0 Å². The number of nitrogens with two attached hydrogens (primary N) is 1. The molecule has 12 heteroatoms. The summed E-state index contributed by atoms with van der Waals surface area (Å²) < 4.78 is 65.8. The van der Waals surface area contributed by atoms with E-state index in [2.05, 4.69) is 14.8 Å². The van der Waals surface area contributed by atoms with Crippen LogP contribution in [-0.4, -0.2) is 40.3 Å². The zero-order chi connectivity index (χ0) is 18.2. The predicted octanol–water partition coefficient (Wildman–Crippen LogP) is 1.14. The molecular weight excluding hydrogens is 387 g/mol. The maximum absolute atomic E-state index is 12.0. The van der Waals surface area contributed by atoms with E-state index in [1.807, 2.05) is 0 Å². The number of benzene rings is 1. The van der Waals surface area contributed by atoms with Crippen molar-refractivity contribution in [3.63, 3.8) is 0 Å². The van der Waals surface area contributed by atoms with Crippen molar-refractivity contribution in [2.75, 3.05) is 19.6 Å². The highest BCUT2D eigenvalue weighted by molar-refractivity contribution is 7.89. The fourth-order valence-corrected chi connectivity index (χ4v) is 2.65. The lowest BCUT2D eigenvalue weighted by atomic mass is 10.3. The molecular formula is C13H19ClF3N3O4S. The van der Waals surface area contributed by atoms with Crippen LogP contribution in [-0.2, 0) is 14.8 Å². The third kappa shape index (κ3) is 9.48. The quantitative estimate of drug-likeness (QED) is 0.533. The molecule has 0 saturated heterocycles. The van der Waals surface area contributed by atoms with Crippen molar-refractivity contribution in [2.24, 2.45) is 5.73 Å². The minimum atomic E-state index is -4.85. The van der Waals surface area contributed by atoms with Gasteiger partial charge in [0.15, 0.2) is 0 Å². The maximum atomic E-state index is 12.0. The summed E-state index contributed by atoms with van der Waals surface area (Å²) >= 11 is 0. The second-order valence-electron chi connectivity index (χ2n) is 4.66. The van der Waals surface area contributed by atoms with E-state index in [1.165, 1.54) is 0 Å². The van der Waals surface area contributed by atoms with Gasteiger partial charge in [-0.2, -0.15) is 0 Å². The Morgan fingerprint density at radius 2 is 1.76 bits per heavy atom. The highest BCUT2D eigenvalue weighted by atomic mass is 35.5. The Kier molecular flexibility index (Phi) is 9.78. The SMILES string of the molecule is Cl.NCCCNC(=O)CCNS(=O)(=O)c1ccc(OC(F)(F)F)cc1. The van der Waals surface area contributed by atoms with E-state index in [0.717, 1.165) is 24.3 Å². The van der Waals surface area contributed by atoms with Crippen LogP contribution in [0, 0.1) is 0 Å². The topological polar surface area (TPSA) is 111 Å². The predicted molar refractivity (Wildman–Crippen MR) is 86.9 cm³/mol. The van der Waals surface area contributed by atoms with Crippen LogP contribution in [0.4, 0.5) is 13.2 Å². The van der Waals surface area contributed by atoms with E-state index in [0.29, 0.717) is 19.5 Å². The van der Waals surface area contributed by atoms with Gasteiger partial charge in [0.1, 0.15) is 5.75 Å². The maximum Gasteiger partial charge on any atom is 0.573 e. The van der Waals surface area contributed by atoms with Crippen molar-refractivity contribution in [1.29, 1.82) is 0 Å². The third-order valence-electron chi connectivity index (χ3n) is 2.71. The summed E-state index contributed by atoms with van der Waals surface area (Å²) in [6, 6.07) is 3.73.